The minimum atomic E-state index is -0.822. The molecular weight excluding hydrogens is 296 g/mol. The van der Waals surface area contributed by atoms with Gasteiger partial charge in [-0.3, -0.25) is 4.68 Å². The van der Waals surface area contributed by atoms with Crippen LogP contribution in [0.2, 0.25) is 5.02 Å². The zero-order valence-electron chi connectivity index (χ0n) is 12.3. The number of nitrogens with zero attached hydrogens (tertiary/aromatic N) is 2. The van der Waals surface area contributed by atoms with Crippen molar-refractivity contribution in [2.75, 3.05) is 7.05 Å². The minimum absolute atomic E-state index is 0.0615. The Morgan fingerprint density at radius 1 is 1.33 bits per heavy atom. The van der Waals surface area contributed by atoms with Crippen molar-refractivity contribution in [2.45, 2.75) is 25.8 Å². The van der Waals surface area contributed by atoms with E-state index >= 15 is 0 Å². The van der Waals surface area contributed by atoms with Crippen molar-refractivity contribution in [1.82, 2.24) is 15.1 Å². The van der Waals surface area contributed by atoms with Gasteiger partial charge in [0.1, 0.15) is 0 Å². The topological polar surface area (TPSA) is 29.9 Å². The SMILES string of the molecule is CNC(Cc1cccc(F)c1F)Cc1c(Cl)c(C)nn1C. The van der Waals surface area contributed by atoms with E-state index in [4.69, 9.17) is 11.6 Å². The molecule has 0 saturated carbocycles. The molecular formula is C15H18ClF2N3. The molecule has 0 aliphatic heterocycles. The molecule has 1 aromatic carbocycles. The van der Waals surface area contributed by atoms with Gasteiger partial charge in [-0.1, -0.05) is 23.7 Å². The van der Waals surface area contributed by atoms with E-state index in [1.165, 1.54) is 6.07 Å². The van der Waals surface area contributed by atoms with Gasteiger partial charge in [-0.05, 0) is 32.0 Å². The molecule has 1 aromatic heterocycles. The lowest BCUT2D eigenvalue weighted by Gasteiger charge is -2.17. The van der Waals surface area contributed by atoms with Crippen molar-refractivity contribution in [3.63, 3.8) is 0 Å². The predicted octanol–water partition coefficient (Wildman–Crippen LogP) is 3.03. The van der Waals surface area contributed by atoms with Crippen molar-refractivity contribution in [2.24, 2.45) is 7.05 Å². The van der Waals surface area contributed by atoms with Gasteiger partial charge in [-0.2, -0.15) is 5.10 Å². The van der Waals surface area contributed by atoms with Crippen LogP contribution >= 0.6 is 11.6 Å². The van der Waals surface area contributed by atoms with Crippen LogP contribution < -0.4 is 5.32 Å². The van der Waals surface area contributed by atoms with Crippen molar-refractivity contribution < 1.29 is 8.78 Å². The number of nitrogens with one attached hydrogen (secondary N) is 1. The first-order chi connectivity index (χ1) is 9.93. The first-order valence-electron chi connectivity index (χ1n) is 6.72. The maximum absolute atomic E-state index is 13.8. The Kier molecular flexibility index (Phi) is 4.96. The van der Waals surface area contributed by atoms with E-state index < -0.39 is 11.6 Å². The highest BCUT2D eigenvalue weighted by Gasteiger charge is 2.18. The fraction of sp³-hybridized carbons (Fsp3) is 0.400. The van der Waals surface area contributed by atoms with E-state index in [9.17, 15) is 8.78 Å². The third-order valence-electron chi connectivity index (χ3n) is 3.61. The van der Waals surface area contributed by atoms with E-state index in [1.807, 2.05) is 14.0 Å². The van der Waals surface area contributed by atoms with Gasteiger partial charge in [0.05, 0.1) is 16.4 Å². The number of hydrogen-bond donors (Lipinski definition) is 1. The Labute approximate surface area is 127 Å². The zero-order chi connectivity index (χ0) is 15.6. The maximum Gasteiger partial charge on any atom is 0.162 e. The monoisotopic (exact) mass is 313 g/mol. The van der Waals surface area contributed by atoms with Crippen molar-refractivity contribution in [3.8, 4) is 0 Å². The minimum Gasteiger partial charge on any atom is -0.316 e. The first kappa shape index (κ1) is 15.9. The van der Waals surface area contributed by atoms with Crippen molar-refractivity contribution in [1.29, 1.82) is 0 Å². The second-order valence-electron chi connectivity index (χ2n) is 5.08. The van der Waals surface area contributed by atoms with Gasteiger partial charge in [0.2, 0.25) is 0 Å². The third kappa shape index (κ3) is 3.41. The summed E-state index contributed by atoms with van der Waals surface area (Å²) >= 11 is 6.23. The number of likely N-dealkylation sites (N-methyl/N-ethyl adjacent to an activating group) is 1. The van der Waals surface area contributed by atoms with E-state index in [-0.39, 0.29) is 6.04 Å². The fourth-order valence-corrected chi connectivity index (χ4v) is 2.62. The van der Waals surface area contributed by atoms with Crippen LogP contribution in [0, 0.1) is 18.6 Å². The van der Waals surface area contributed by atoms with Crippen LogP contribution in [-0.4, -0.2) is 22.9 Å². The average Bonchev–Trinajstić information content (AvgIpc) is 2.69. The Bertz CT molecular complexity index is 640. The van der Waals surface area contributed by atoms with Gasteiger partial charge >= 0.3 is 0 Å². The highest BCUT2D eigenvalue weighted by molar-refractivity contribution is 6.31. The molecule has 6 heteroatoms. The molecule has 0 fully saturated rings. The number of benzene rings is 1. The van der Waals surface area contributed by atoms with Crippen LogP contribution in [0.15, 0.2) is 18.2 Å². The molecule has 0 aliphatic rings. The first-order valence-corrected chi connectivity index (χ1v) is 7.10. The van der Waals surface area contributed by atoms with Crippen LogP contribution in [0.1, 0.15) is 17.0 Å². The molecule has 1 unspecified atom stereocenters. The molecule has 0 radical (unpaired) electrons. The van der Waals surface area contributed by atoms with Gasteiger partial charge < -0.3 is 5.32 Å². The number of halogens is 3. The summed E-state index contributed by atoms with van der Waals surface area (Å²) in [6.07, 6.45) is 0.962. The van der Waals surface area contributed by atoms with Crippen molar-refractivity contribution >= 4 is 11.6 Å². The number of rotatable bonds is 5. The molecule has 21 heavy (non-hydrogen) atoms. The summed E-state index contributed by atoms with van der Waals surface area (Å²) in [6.45, 7) is 1.84. The van der Waals surface area contributed by atoms with Crippen LogP contribution in [-0.2, 0) is 19.9 Å². The second kappa shape index (κ2) is 6.54. The van der Waals surface area contributed by atoms with Gasteiger partial charge in [-0.15, -0.1) is 0 Å². The lowest BCUT2D eigenvalue weighted by Crippen LogP contribution is -2.31. The molecule has 1 heterocycles. The van der Waals surface area contributed by atoms with Crippen molar-refractivity contribution in [3.05, 3.63) is 51.8 Å². The Morgan fingerprint density at radius 2 is 2.05 bits per heavy atom. The molecule has 0 spiro atoms. The molecule has 0 aliphatic carbocycles. The largest absolute Gasteiger partial charge is 0.316 e. The lowest BCUT2D eigenvalue weighted by atomic mass is 10.0. The van der Waals surface area contributed by atoms with E-state index in [0.717, 1.165) is 17.5 Å². The van der Waals surface area contributed by atoms with Crippen LogP contribution in [0.25, 0.3) is 0 Å². The predicted molar refractivity (Wildman–Crippen MR) is 79.6 cm³/mol. The number of hydrogen-bond acceptors (Lipinski definition) is 2. The summed E-state index contributed by atoms with van der Waals surface area (Å²) in [4.78, 5) is 0. The Hall–Kier alpha value is -1.46. The average molecular weight is 314 g/mol. The molecule has 1 N–H and O–H groups in total. The summed E-state index contributed by atoms with van der Waals surface area (Å²) in [5.74, 6) is -1.61. The fourth-order valence-electron chi connectivity index (χ4n) is 2.38. The zero-order valence-corrected chi connectivity index (χ0v) is 13.0. The summed E-state index contributed by atoms with van der Waals surface area (Å²) in [6, 6.07) is 4.17. The van der Waals surface area contributed by atoms with E-state index in [1.54, 1.807) is 17.8 Å². The van der Waals surface area contributed by atoms with Gasteiger partial charge in [-0.25, -0.2) is 8.78 Å². The Morgan fingerprint density at radius 3 is 2.62 bits per heavy atom. The number of aromatic nitrogens is 2. The number of aryl methyl sites for hydroxylation is 2. The highest BCUT2D eigenvalue weighted by atomic mass is 35.5. The molecule has 2 rings (SSSR count). The lowest BCUT2D eigenvalue weighted by molar-refractivity contribution is 0.478. The van der Waals surface area contributed by atoms with Gasteiger partial charge in [0, 0.05) is 19.5 Å². The highest BCUT2D eigenvalue weighted by Crippen LogP contribution is 2.22. The van der Waals surface area contributed by atoms with Gasteiger partial charge in [0.15, 0.2) is 11.6 Å². The second-order valence-corrected chi connectivity index (χ2v) is 5.45. The molecule has 1 atom stereocenters. The summed E-state index contributed by atoms with van der Waals surface area (Å²) in [5, 5.41) is 8.00. The third-order valence-corrected chi connectivity index (χ3v) is 4.10. The smallest absolute Gasteiger partial charge is 0.162 e. The summed E-state index contributed by atoms with van der Waals surface area (Å²) < 4.78 is 28.7. The van der Waals surface area contributed by atoms with E-state index in [0.29, 0.717) is 23.4 Å². The maximum atomic E-state index is 13.8. The summed E-state index contributed by atoms with van der Waals surface area (Å²) in [5.41, 5.74) is 2.00. The molecule has 3 nitrogen and oxygen atoms in total. The normalized spacial score (nSPS) is 12.7. The quantitative estimate of drug-likeness (QED) is 0.919. The van der Waals surface area contributed by atoms with E-state index in [2.05, 4.69) is 10.4 Å². The Balaban J connectivity index is 2.19. The van der Waals surface area contributed by atoms with Crippen LogP contribution in [0.5, 0.6) is 0 Å². The van der Waals surface area contributed by atoms with Crippen LogP contribution in [0.4, 0.5) is 8.78 Å². The summed E-state index contributed by atoms with van der Waals surface area (Å²) in [7, 11) is 3.61. The molecule has 0 amide bonds. The molecule has 0 saturated heterocycles. The standard InChI is InChI=1S/C15H18ClF2N3/c1-9-14(16)13(21(3)20-9)8-11(19-2)7-10-5-4-6-12(17)15(10)18/h4-6,11,19H,7-8H2,1-3H3. The molecule has 0 bridgehead atoms. The molecule has 2 aromatic rings. The van der Waals surface area contributed by atoms with Crippen LogP contribution in [0.3, 0.4) is 0 Å². The van der Waals surface area contributed by atoms with Gasteiger partial charge in [0.25, 0.3) is 0 Å². The molecule has 114 valence electrons.